The van der Waals surface area contributed by atoms with Crippen LogP contribution in [0.4, 0.5) is 0 Å². The number of ether oxygens (including phenoxy) is 1. The highest BCUT2D eigenvalue weighted by atomic mass is 32.1. The first-order valence-electron chi connectivity index (χ1n) is 4.56. The smallest absolute Gasteiger partial charge is 0.330 e. The number of carbonyl (C=O) groups excluding carboxylic acids is 1. The van der Waals surface area contributed by atoms with Gasteiger partial charge in [-0.15, -0.1) is 11.3 Å². The lowest BCUT2D eigenvalue weighted by Crippen LogP contribution is -1.98. The number of nitrogens with zero attached hydrogens (tertiary/aromatic N) is 1. The molecule has 0 aliphatic heterocycles. The summed E-state index contributed by atoms with van der Waals surface area (Å²) in [5.74, 6) is -0.328. The summed E-state index contributed by atoms with van der Waals surface area (Å²) in [4.78, 5) is 14.8. The second-order valence-electron chi connectivity index (χ2n) is 2.00. The highest BCUT2D eigenvalue weighted by Crippen LogP contribution is 2.02. The molecule has 0 radical (unpaired) electrons. The third-order valence-electron chi connectivity index (χ3n) is 1.13. The van der Waals surface area contributed by atoms with Crippen LogP contribution in [0.15, 0.2) is 17.0 Å². The zero-order valence-electron chi connectivity index (χ0n) is 8.69. The molecule has 0 bridgehead atoms. The van der Waals surface area contributed by atoms with Gasteiger partial charge in [-0.25, -0.2) is 9.78 Å². The molecule has 0 spiro atoms. The predicted molar refractivity (Wildman–Crippen MR) is 59.1 cm³/mol. The number of hydrogen-bond acceptors (Lipinski definition) is 4. The molecule has 1 rings (SSSR count). The SMILES string of the molecule is CC.CCOC(=O)/C=C/c1cscn1. The second-order valence-corrected chi connectivity index (χ2v) is 2.72. The van der Waals surface area contributed by atoms with Crippen LogP contribution in [0.5, 0.6) is 0 Å². The van der Waals surface area contributed by atoms with Gasteiger partial charge in [0.25, 0.3) is 0 Å². The largest absolute Gasteiger partial charge is 0.463 e. The van der Waals surface area contributed by atoms with Crippen molar-refractivity contribution in [3.63, 3.8) is 0 Å². The van der Waals surface area contributed by atoms with Crippen LogP contribution in [0.25, 0.3) is 6.08 Å². The standard InChI is InChI=1S/C8H9NO2S.C2H6/c1-2-11-8(10)4-3-7-5-12-6-9-7;1-2/h3-6H,2H2,1H3;1-2H3/b4-3+;. The number of rotatable bonds is 3. The zero-order chi connectivity index (χ0) is 10.8. The van der Waals surface area contributed by atoms with Crippen molar-refractivity contribution >= 4 is 23.4 Å². The lowest BCUT2D eigenvalue weighted by Gasteiger charge is -1.92. The zero-order valence-corrected chi connectivity index (χ0v) is 9.50. The van der Waals surface area contributed by atoms with E-state index in [-0.39, 0.29) is 5.97 Å². The van der Waals surface area contributed by atoms with E-state index in [1.165, 1.54) is 17.4 Å². The Kier molecular flexibility index (Phi) is 7.74. The fraction of sp³-hybridized carbons (Fsp3) is 0.400. The Hall–Kier alpha value is -1.16. The summed E-state index contributed by atoms with van der Waals surface area (Å²) < 4.78 is 4.69. The van der Waals surface area contributed by atoms with Crippen molar-refractivity contribution in [1.82, 2.24) is 4.98 Å². The predicted octanol–water partition coefficient (Wildman–Crippen LogP) is 2.75. The molecule has 78 valence electrons. The molecular weight excluding hydrogens is 198 g/mol. The molecule has 0 amide bonds. The fourth-order valence-electron chi connectivity index (χ4n) is 0.648. The van der Waals surface area contributed by atoms with E-state index in [9.17, 15) is 4.79 Å². The van der Waals surface area contributed by atoms with Crippen molar-refractivity contribution in [2.24, 2.45) is 0 Å². The molecule has 1 aromatic heterocycles. The first kappa shape index (κ1) is 12.8. The maximum absolute atomic E-state index is 10.8. The summed E-state index contributed by atoms with van der Waals surface area (Å²) in [6.45, 7) is 6.18. The van der Waals surface area contributed by atoms with Crippen molar-refractivity contribution in [1.29, 1.82) is 0 Å². The van der Waals surface area contributed by atoms with Crippen LogP contribution in [0.2, 0.25) is 0 Å². The number of esters is 1. The van der Waals surface area contributed by atoms with E-state index in [2.05, 4.69) is 4.98 Å². The first-order valence-corrected chi connectivity index (χ1v) is 5.50. The highest BCUT2D eigenvalue weighted by molar-refractivity contribution is 7.07. The van der Waals surface area contributed by atoms with Crippen LogP contribution >= 0.6 is 11.3 Å². The fourth-order valence-corrected chi connectivity index (χ4v) is 1.17. The summed E-state index contributed by atoms with van der Waals surface area (Å²) >= 11 is 1.49. The monoisotopic (exact) mass is 213 g/mol. The maximum atomic E-state index is 10.8. The summed E-state index contributed by atoms with van der Waals surface area (Å²) in [5.41, 5.74) is 2.50. The molecule has 0 fully saturated rings. The van der Waals surface area contributed by atoms with E-state index in [4.69, 9.17) is 4.74 Å². The first-order chi connectivity index (χ1) is 6.83. The molecule has 0 saturated carbocycles. The maximum Gasteiger partial charge on any atom is 0.330 e. The van der Waals surface area contributed by atoms with Crippen LogP contribution in [0, 0.1) is 0 Å². The molecule has 3 nitrogen and oxygen atoms in total. The topological polar surface area (TPSA) is 39.2 Å². The van der Waals surface area contributed by atoms with E-state index >= 15 is 0 Å². The average Bonchev–Trinajstić information content (AvgIpc) is 2.71. The molecule has 1 aromatic rings. The van der Waals surface area contributed by atoms with Gasteiger partial charge in [-0.1, -0.05) is 13.8 Å². The lowest BCUT2D eigenvalue weighted by atomic mass is 10.4. The van der Waals surface area contributed by atoms with Crippen LogP contribution in [-0.4, -0.2) is 17.6 Å². The highest BCUT2D eigenvalue weighted by Gasteiger charge is 1.93. The van der Waals surface area contributed by atoms with Crippen LogP contribution in [-0.2, 0) is 9.53 Å². The van der Waals surface area contributed by atoms with Gasteiger partial charge in [-0.2, -0.15) is 0 Å². The summed E-state index contributed by atoms with van der Waals surface area (Å²) in [6.07, 6.45) is 3.01. The molecule has 0 N–H and O–H groups in total. The van der Waals surface area contributed by atoms with Crippen molar-refractivity contribution in [2.75, 3.05) is 6.61 Å². The van der Waals surface area contributed by atoms with Crippen molar-refractivity contribution in [3.05, 3.63) is 22.7 Å². The van der Waals surface area contributed by atoms with Gasteiger partial charge in [0.2, 0.25) is 0 Å². The molecular formula is C10H15NO2S. The minimum Gasteiger partial charge on any atom is -0.463 e. The van der Waals surface area contributed by atoms with Crippen molar-refractivity contribution in [2.45, 2.75) is 20.8 Å². The summed E-state index contributed by atoms with van der Waals surface area (Å²) in [5, 5.41) is 1.86. The van der Waals surface area contributed by atoms with Crippen molar-refractivity contribution < 1.29 is 9.53 Å². The van der Waals surface area contributed by atoms with Crippen LogP contribution < -0.4 is 0 Å². The van der Waals surface area contributed by atoms with Gasteiger partial charge >= 0.3 is 5.97 Å². The molecule has 14 heavy (non-hydrogen) atoms. The summed E-state index contributed by atoms with van der Waals surface area (Å²) in [6, 6.07) is 0. The van der Waals surface area contributed by atoms with E-state index < -0.39 is 0 Å². The molecule has 0 atom stereocenters. The van der Waals surface area contributed by atoms with Crippen molar-refractivity contribution in [3.8, 4) is 0 Å². The quantitative estimate of drug-likeness (QED) is 0.572. The summed E-state index contributed by atoms with van der Waals surface area (Å²) in [7, 11) is 0. The van der Waals surface area contributed by atoms with Gasteiger partial charge in [-0.3, -0.25) is 0 Å². The van der Waals surface area contributed by atoms with Gasteiger partial charge in [-0.05, 0) is 13.0 Å². The molecule has 0 unspecified atom stereocenters. The number of carbonyl (C=O) groups is 1. The Morgan fingerprint density at radius 3 is 2.86 bits per heavy atom. The third kappa shape index (κ3) is 5.48. The molecule has 0 saturated heterocycles. The molecule has 1 heterocycles. The average molecular weight is 213 g/mol. The second kappa shape index (κ2) is 8.44. The van der Waals surface area contributed by atoms with Crippen LogP contribution in [0.3, 0.4) is 0 Å². The van der Waals surface area contributed by atoms with Gasteiger partial charge in [0, 0.05) is 11.5 Å². The van der Waals surface area contributed by atoms with E-state index in [1.54, 1.807) is 18.5 Å². The molecule has 0 aromatic carbocycles. The van der Waals surface area contributed by atoms with Gasteiger partial charge in [0.15, 0.2) is 0 Å². The van der Waals surface area contributed by atoms with Crippen LogP contribution in [0.1, 0.15) is 26.5 Å². The van der Waals surface area contributed by atoms with Gasteiger partial charge < -0.3 is 4.74 Å². The number of aromatic nitrogens is 1. The Morgan fingerprint density at radius 1 is 1.64 bits per heavy atom. The van der Waals surface area contributed by atoms with Gasteiger partial charge in [0.1, 0.15) is 0 Å². The lowest BCUT2D eigenvalue weighted by molar-refractivity contribution is -0.137. The Balaban J connectivity index is 0.000000791. The third-order valence-corrected chi connectivity index (χ3v) is 1.73. The minimum atomic E-state index is -0.328. The Labute approximate surface area is 88.4 Å². The van der Waals surface area contributed by atoms with E-state index in [0.29, 0.717) is 6.61 Å². The van der Waals surface area contributed by atoms with E-state index in [0.717, 1.165) is 5.69 Å². The molecule has 0 aliphatic rings. The Morgan fingerprint density at radius 2 is 2.36 bits per heavy atom. The molecule has 4 heteroatoms. The van der Waals surface area contributed by atoms with E-state index in [1.807, 2.05) is 19.2 Å². The molecule has 0 aliphatic carbocycles. The van der Waals surface area contributed by atoms with Gasteiger partial charge in [0.05, 0.1) is 17.8 Å². The number of hydrogen-bond donors (Lipinski definition) is 0. The normalized spacial score (nSPS) is 9.36. The Bertz CT molecular complexity index is 268. The minimum absolute atomic E-state index is 0.328. The number of thiazole rings is 1.